The number of nitrogens with zero attached hydrogens (tertiary/aromatic N) is 1. The van der Waals surface area contributed by atoms with Crippen molar-refractivity contribution >= 4 is 0 Å². The molecule has 0 spiro atoms. The van der Waals surface area contributed by atoms with Crippen molar-refractivity contribution in [1.29, 1.82) is 0 Å². The van der Waals surface area contributed by atoms with Crippen LogP contribution in [0.1, 0.15) is 47.0 Å². The van der Waals surface area contributed by atoms with Crippen molar-refractivity contribution in [3.05, 3.63) is 35.1 Å². The molecule has 1 aliphatic heterocycles. The maximum Gasteiger partial charge on any atom is 0.0256 e. The minimum Gasteiger partial charge on any atom is -0.377 e. The van der Waals surface area contributed by atoms with Crippen molar-refractivity contribution in [1.82, 2.24) is 4.90 Å². The summed E-state index contributed by atoms with van der Waals surface area (Å²) in [6, 6.07) is 0.678. The number of rotatable bonds is 3. The van der Waals surface area contributed by atoms with E-state index in [1.54, 1.807) is 0 Å². The maximum absolute atomic E-state index is 2.33. The Morgan fingerprint density at radius 1 is 1.50 bits per heavy atom. The quantitative estimate of drug-likeness (QED) is 0.640. The van der Waals surface area contributed by atoms with Crippen molar-refractivity contribution in [3.63, 3.8) is 0 Å². The van der Waals surface area contributed by atoms with Gasteiger partial charge >= 0.3 is 0 Å². The van der Waals surface area contributed by atoms with Gasteiger partial charge in [-0.1, -0.05) is 24.6 Å². The van der Waals surface area contributed by atoms with Crippen LogP contribution < -0.4 is 0 Å². The fourth-order valence-corrected chi connectivity index (χ4v) is 2.04. The van der Waals surface area contributed by atoms with Crippen LogP contribution in [0, 0.1) is 0 Å². The van der Waals surface area contributed by atoms with Gasteiger partial charge in [-0.2, -0.15) is 0 Å². The van der Waals surface area contributed by atoms with Gasteiger partial charge in [0.15, 0.2) is 0 Å². The summed E-state index contributed by atoms with van der Waals surface area (Å²) in [6.07, 6.45) is 10.4. The predicted molar refractivity (Wildman–Crippen MR) is 72.3 cm³/mol. The second-order valence-corrected chi connectivity index (χ2v) is 4.93. The molecule has 0 aromatic heterocycles. The third kappa shape index (κ3) is 3.26. The van der Waals surface area contributed by atoms with Crippen LogP contribution in [0.4, 0.5) is 0 Å². The molecule has 0 saturated heterocycles. The molecule has 0 amide bonds. The summed E-state index contributed by atoms with van der Waals surface area (Å²) < 4.78 is 0. The van der Waals surface area contributed by atoms with E-state index in [0.717, 1.165) is 6.42 Å². The average molecular weight is 219 g/mol. The second kappa shape index (κ2) is 5.93. The van der Waals surface area contributed by atoms with Crippen molar-refractivity contribution in [3.8, 4) is 0 Å². The number of hydrogen-bond acceptors (Lipinski definition) is 1. The average Bonchev–Trinajstić information content (AvgIpc) is 2.23. The minimum absolute atomic E-state index is 0.678. The first kappa shape index (κ1) is 13.1. The topological polar surface area (TPSA) is 3.24 Å². The molecule has 0 fully saturated rings. The third-order valence-corrected chi connectivity index (χ3v) is 3.29. The highest BCUT2D eigenvalue weighted by molar-refractivity contribution is 5.43. The molecule has 0 saturated carbocycles. The molecule has 1 heterocycles. The summed E-state index contributed by atoms with van der Waals surface area (Å²) in [4.78, 5) is 2.33. The van der Waals surface area contributed by atoms with Gasteiger partial charge in [0.25, 0.3) is 0 Å². The van der Waals surface area contributed by atoms with Crippen LogP contribution in [0.5, 0.6) is 0 Å². The number of hydrogen-bond donors (Lipinski definition) is 0. The minimum atomic E-state index is 0.678. The first-order valence-corrected chi connectivity index (χ1v) is 6.33. The summed E-state index contributed by atoms with van der Waals surface area (Å²) >= 11 is 0. The van der Waals surface area contributed by atoms with Crippen LogP contribution in [0.15, 0.2) is 35.1 Å². The van der Waals surface area contributed by atoms with E-state index in [4.69, 9.17) is 0 Å². The summed E-state index contributed by atoms with van der Waals surface area (Å²) in [6.45, 7) is 8.88. The van der Waals surface area contributed by atoms with Crippen LogP contribution in [-0.2, 0) is 0 Å². The highest BCUT2D eigenvalue weighted by atomic mass is 15.1. The molecule has 0 aliphatic carbocycles. The van der Waals surface area contributed by atoms with Gasteiger partial charge in [0.1, 0.15) is 0 Å². The molecule has 90 valence electrons. The molecule has 1 heteroatoms. The van der Waals surface area contributed by atoms with Crippen LogP contribution in [-0.4, -0.2) is 18.0 Å². The monoisotopic (exact) mass is 219 g/mol. The molecular formula is C15H25N. The van der Waals surface area contributed by atoms with E-state index in [-0.39, 0.29) is 0 Å². The van der Waals surface area contributed by atoms with Crippen LogP contribution >= 0.6 is 0 Å². The van der Waals surface area contributed by atoms with Gasteiger partial charge in [-0.05, 0) is 51.2 Å². The lowest BCUT2D eigenvalue weighted by Crippen LogP contribution is -2.28. The Labute approximate surface area is 101 Å². The molecule has 16 heavy (non-hydrogen) atoms. The third-order valence-electron chi connectivity index (χ3n) is 3.29. The van der Waals surface area contributed by atoms with E-state index < -0.39 is 0 Å². The number of allylic oxidation sites excluding steroid dienone is 5. The van der Waals surface area contributed by atoms with Crippen LogP contribution in [0.25, 0.3) is 0 Å². The molecule has 1 nitrogen and oxygen atoms in total. The van der Waals surface area contributed by atoms with Crippen LogP contribution in [0.3, 0.4) is 0 Å². The normalized spacial score (nSPS) is 21.2. The molecule has 0 N–H and O–H groups in total. The predicted octanol–water partition coefficient (Wildman–Crippen LogP) is 4.29. The Balaban J connectivity index is 2.94. The fraction of sp³-hybridized carbons (Fsp3) is 0.600. The molecule has 1 rings (SSSR count). The molecular weight excluding hydrogens is 194 g/mol. The summed E-state index contributed by atoms with van der Waals surface area (Å²) in [5, 5.41) is 0. The molecule has 0 bridgehead atoms. The van der Waals surface area contributed by atoms with E-state index in [0.29, 0.717) is 6.04 Å². The van der Waals surface area contributed by atoms with Crippen molar-refractivity contribution in [2.75, 3.05) is 7.05 Å². The SMILES string of the molecule is CC/C=C\C(C1=CN(C)C(C)CC1)=C(C)C. The molecule has 1 atom stereocenters. The Morgan fingerprint density at radius 3 is 2.69 bits per heavy atom. The molecule has 0 aromatic rings. The zero-order valence-electron chi connectivity index (χ0n) is 11.4. The largest absolute Gasteiger partial charge is 0.377 e. The molecule has 1 aliphatic rings. The lowest BCUT2D eigenvalue weighted by Gasteiger charge is -2.30. The highest BCUT2D eigenvalue weighted by Crippen LogP contribution is 2.27. The lowest BCUT2D eigenvalue weighted by atomic mass is 9.93. The first-order valence-electron chi connectivity index (χ1n) is 6.33. The van der Waals surface area contributed by atoms with E-state index in [1.165, 1.54) is 29.6 Å². The Morgan fingerprint density at radius 2 is 2.19 bits per heavy atom. The molecule has 0 radical (unpaired) electrons. The smallest absolute Gasteiger partial charge is 0.0256 e. The summed E-state index contributed by atoms with van der Waals surface area (Å²) in [5.41, 5.74) is 4.34. The molecule has 0 aromatic carbocycles. The van der Waals surface area contributed by atoms with Gasteiger partial charge < -0.3 is 4.90 Å². The Kier molecular flexibility index (Phi) is 4.85. The highest BCUT2D eigenvalue weighted by Gasteiger charge is 2.16. The van der Waals surface area contributed by atoms with Gasteiger partial charge in [-0.15, -0.1) is 0 Å². The molecule has 1 unspecified atom stereocenters. The fourth-order valence-electron chi connectivity index (χ4n) is 2.04. The van der Waals surface area contributed by atoms with Gasteiger partial charge in [-0.3, -0.25) is 0 Å². The van der Waals surface area contributed by atoms with Gasteiger partial charge in [0.2, 0.25) is 0 Å². The van der Waals surface area contributed by atoms with Gasteiger partial charge in [0, 0.05) is 19.3 Å². The van der Waals surface area contributed by atoms with Crippen LogP contribution in [0.2, 0.25) is 0 Å². The van der Waals surface area contributed by atoms with E-state index in [1.807, 2.05) is 0 Å². The zero-order valence-corrected chi connectivity index (χ0v) is 11.4. The Bertz CT molecular complexity index is 316. The lowest BCUT2D eigenvalue weighted by molar-refractivity contribution is 0.313. The van der Waals surface area contributed by atoms with E-state index >= 15 is 0 Å². The maximum atomic E-state index is 2.33. The van der Waals surface area contributed by atoms with E-state index in [2.05, 4.69) is 58.0 Å². The zero-order chi connectivity index (χ0) is 12.1. The summed E-state index contributed by atoms with van der Waals surface area (Å²) in [5.74, 6) is 0. The van der Waals surface area contributed by atoms with E-state index in [9.17, 15) is 0 Å². The first-order chi connectivity index (χ1) is 7.56. The second-order valence-electron chi connectivity index (χ2n) is 4.93. The summed E-state index contributed by atoms with van der Waals surface area (Å²) in [7, 11) is 2.18. The van der Waals surface area contributed by atoms with Gasteiger partial charge in [0.05, 0.1) is 0 Å². The van der Waals surface area contributed by atoms with Crippen molar-refractivity contribution < 1.29 is 0 Å². The van der Waals surface area contributed by atoms with Gasteiger partial charge in [-0.25, -0.2) is 0 Å². The van der Waals surface area contributed by atoms with Crippen molar-refractivity contribution in [2.24, 2.45) is 0 Å². The Hall–Kier alpha value is -0.980. The van der Waals surface area contributed by atoms with Crippen molar-refractivity contribution in [2.45, 2.75) is 53.0 Å². The standard InChI is InChI=1S/C15H25N/c1-6-7-8-15(12(2)3)14-10-9-13(4)16(5)11-14/h7-8,11,13H,6,9-10H2,1-5H3/b8-7-.